The molecule has 5 nitrogen and oxygen atoms in total. The van der Waals surface area contributed by atoms with Crippen LogP contribution in [0, 0.1) is 0 Å². The molecule has 1 aromatic heterocycles. The molecular formula is C23H20ClN3O2. The molecule has 0 radical (unpaired) electrons. The Bertz CT molecular complexity index is 1080. The molecule has 0 atom stereocenters. The molecule has 0 unspecified atom stereocenters. The van der Waals surface area contributed by atoms with Gasteiger partial charge >= 0.3 is 0 Å². The summed E-state index contributed by atoms with van der Waals surface area (Å²) in [5, 5.41) is 4.51. The average molecular weight is 406 g/mol. The van der Waals surface area contributed by atoms with Crippen molar-refractivity contribution in [2.24, 2.45) is 0 Å². The van der Waals surface area contributed by atoms with Crippen LogP contribution in [0.4, 0.5) is 5.82 Å². The molecular weight excluding hydrogens is 386 g/mol. The highest BCUT2D eigenvalue weighted by atomic mass is 35.5. The highest BCUT2D eigenvalue weighted by molar-refractivity contribution is 6.28. The van der Waals surface area contributed by atoms with Gasteiger partial charge in [-0.05, 0) is 28.8 Å². The van der Waals surface area contributed by atoms with E-state index >= 15 is 0 Å². The van der Waals surface area contributed by atoms with Crippen molar-refractivity contribution in [3.63, 3.8) is 0 Å². The molecule has 6 heteroatoms. The molecule has 1 N–H and O–H groups in total. The quantitative estimate of drug-likeness (QED) is 0.429. The van der Waals surface area contributed by atoms with E-state index in [0.717, 1.165) is 16.5 Å². The first-order valence-electron chi connectivity index (χ1n) is 9.15. The molecule has 29 heavy (non-hydrogen) atoms. The van der Waals surface area contributed by atoms with Crippen LogP contribution in [0.15, 0.2) is 72.8 Å². The summed E-state index contributed by atoms with van der Waals surface area (Å²) in [7, 11) is 3.19. The van der Waals surface area contributed by atoms with Crippen molar-refractivity contribution in [1.29, 1.82) is 0 Å². The van der Waals surface area contributed by atoms with Crippen molar-refractivity contribution in [3.8, 4) is 11.5 Å². The van der Waals surface area contributed by atoms with Crippen LogP contribution in [-0.2, 0) is 0 Å². The van der Waals surface area contributed by atoms with Gasteiger partial charge in [0.15, 0.2) is 11.5 Å². The second-order valence-corrected chi connectivity index (χ2v) is 6.80. The summed E-state index contributed by atoms with van der Waals surface area (Å²) in [6.07, 6.45) is 0. The lowest BCUT2D eigenvalue weighted by atomic mass is 9.98. The SMILES string of the molecule is COc1cc2nc(Cl)nc(NC(c3ccccc3)c3ccccc3)c2cc1OC. The number of anilines is 1. The molecule has 0 fully saturated rings. The summed E-state index contributed by atoms with van der Waals surface area (Å²) in [5.74, 6) is 1.81. The average Bonchev–Trinajstić information content (AvgIpc) is 2.77. The summed E-state index contributed by atoms with van der Waals surface area (Å²) in [6.45, 7) is 0. The largest absolute Gasteiger partial charge is 0.493 e. The fraction of sp³-hybridized carbons (Fsp3) is 0.130. The van der Waals surface area contributed by atoms with Crippen molar-refractivity contribution in [1.82, 2.24) is 9.97 Å². The number of methoxy groups -OCH3 is 2. The van der Waals surface area contributed by atoms with Gasteiger partial charge in [0, 0.05) is 11.5 Å². The van der Waals surface area contributed by atoms with Crippen LogP contribution >= 0.6 is 11.6 Å². The Hall–Kier alpha value is -3.31. The number of fused-ring (bicyclic) bond motifs is 1. The predicted octanol–water partition coefficient (Wildman–Crippen LogP) is 5.50. The van der Waals surface area contributed by atoms with Crippen molar-refractivity contribution in [2.45, 2.75) is 6.04 Å². The van der Waals surface area contributed by atoms with E-state index in [1.165, 1.54) is 0 Å². The molecule has 3 aromatic carbocycles. The first kappa shape index (κ1) is 19.0. The third kappa shape index (κ3) is 3.96. The zero-order chi connectivity index (χ0) is 20.2. The maximum Gasteiger partial charge on any atom is 0.224 e. The summed E-state index contributed by atoms with van der Waals surface area (Å²) < 4.78 is 10.9. The van der Waals surface area contributed by atoms with Crippen LogP contribution in [0.5, 0.6) is 11.5 Å². The predicted molar refractivity (Wildman–Crippen MR) is 116 cm³/mol. The molecule has 4 aromatic rings. The molecule has 0 amide bonds. The van der Waals surface area contributed by atoms with Gasteiger partial charge in [0.2, 0.25) is 5.28 Å². The first-order chi connectivity index (χ1) is 14.2. The smallest absolute Gasteiger partial charge is 0.224 e. The number of nitrogens with one attached hydrogen (secondary N) is 1. The second kappa shape index (κ2) is 8.37. The van der Waals surface area contributed by atoms with Gasteiger partial charge < -0.3 is 14.8 Å². The number of hydrogen-bond donors (Lipinski definition) is 1. The first-order valence-corrected chi connectivity index (χ1v) is 9.53. The maximum atomic E-state index is 6.23. The Morgan fingerprint density at radius 3 is 1.90 bits per heavy atom. The minimum absolute atomic E-state index is 0.111. The lowest BCUT2D eigenvalue weighted by molar-refractivity contribution is 0.356. The van der Waals surface area contributed by atoms with Crippen molar-refractivity contribution >= 4 is 28.3 Å². The standard InChI is InChI=1S/C23H20ClN3O2/c1-28-19-13-17-18(14-20(19)29-2)25-23(24)27-22(17)26-21(15-9-5-3-6-10-15)16-11-7-4-8-12-16/h3-14,21H,1-2H3,(H,25,26,27). The van der Waals surface area contributed by atoms with E-state index in [2.05, 4.69) is 39.6 Å². The fourth-order valence-electron chi connectivity index (χ4n) is 3.32. The fourth-order valence-corrected chi connectivity index (χ4v) is 3.50. The van der Waals surface area contributed by atoms with Crippen LogP contribution in [0.2, 0.25) is 5.28 Å². The van der Waals surface area contributed by atoms with Gasteiger partial charge in [-0.25, -0.2) is 9.97 Å². The van der Waals surface area contributed by atoms with Crippen LogP contribution in [0.3, 0.4) is 0 Å². The Morgan fingerprint density at radius 1 is 0.793 bits per heavy atom. The number of nitrogens with zero attached hydrogens (tertiary/aromatic N) is 2. The lowest BCUT2D eigenvalue weighted by Gasteiger charge is -2.22. The van der Waals surface area contributed by atoms with E-state index in [1.807, 2.05) is 42.5 Å². The van der Waals surface area contributed by atoms with Gasteiger partial charge in [0.25, 0.3) is 0 Å². The molecule has 0 spiro atoms. The van der Waals surface area contributed by atoms with Gasteiger partial charge in [-0.2, -0.15) is 0 Å². The van der Waals surface area contributed by atoms with Gasteiger partial charge in [0.05, 0.1) is 25.8 Å². The molecule has 4 rings (SSSR count). The highest BCUT2D eigenvalue weighted by Crippen LogP contribution is 2.36. The number of aromatic nitrogens is 2. The molecule has 0 aliphatic carbocycles. The highest BCUT2D eigenvalue weighted by Gasteiger charge is 2.18. The maximum absolute atomic E-state index is 6.23. The number of hydrogen-bond acceptors (Lipinski definition) is 5. The van der Waals surface area contributed by atoms with Crippen molar-refractivity contribution in [3.05, 3.63) is 89.2 Å². The van der Waals surface area contributed by atoms with Gasteiger partial charge in [-0.15, -0.1) is 0 Å². The van der Waals surface area contributed by atoms with Gasteiger partial charge in [-0.1, -0.05) is 60.7 Å². The Kier molecular flexibility index (Phi) is 5.49. The van der Waals surface area contributed by atoms with Gasteiger partial charge in [0.1, 0.15) is 5.82 Å². The molecule has 146 valence electrons. The van der Waals surface area contributed by atoms with Crippen molar-refractivity contribution in [2.75, 3.05) is 19.5 Å². The molecule has 0 saturated carbocycles. The topological polar surface area (TPSA) is 56.3 Å². The van der Waals surface area contributed by atoms with Gasteiger partial charge in [-0.3, -0.25) is 0 Å². The van der Waals surface area contributed by atoms with Crippen LogP contribution < -0.4 is 14.8 Å². The molecule has 1 heterocycles. The minimum Gasteiger partial charge on any atom is -0.493 e. The van der Waals surface area contributed by atoms with E-state index in [0.29, 0.717) is 22.8 Å². The van der Waals surface area contributed by atoms with E-state index < -0.39 is 0 Å². The van der Waals surface area contributed by atoms with E-state index in [1.54, 1.807) is 20.3 Å². The summed E-state index contributed by atoms with van der Waals surface area (Å²) >= 11 is 6.23. The summed E-state index contributed by atoms with van der Waals surface area (Å²) in [5.41, 5.74) is 2.90. The van der Waals surface area contributed by atoms with E-state index in [4.69, 9.17) is 21.1 Å². The monoisotopic (exact) mass is 405 g/mol. The Balaban J connectivity index is 1.86. The van der Waals surface area contributed by atoms with Crippen molar-refractivity contribution < 1.29 is 9.47 Å². The second-order valence-electron chi connectivity index (χ2n) is 6.46. The number of halogens is 1. The summed E-state index contributed by atoms with van der Waals surface area (Å²) in [4.78, 5) is 8.82. The van der Waals surface area contributed by atoms with Crippen LogP contribution in [0.1, 0.15) is 17.2 Å². The molecule has 0 saturated heterocycles. The molecule has 0 bridgehead atoms. The number of benzene rings is 3. The zero-order valence-corrected chi connectivity index (χ0v) is 16.9. The normalized spacial score (nSPS) is 10.9. The van der Waals surface area contributed by atoms with E-state index in [9.17, 15) is 0 Å². The lowest BCUT2D eigenvalue weighted by Crippen LogP contribution is -2.14. The van der Waals surface area contributed by atoms with Crippen LogP contribution in [0.25, 0.3) is 10.9 Å². The molecule has 0 aliphatic heterocycles. The van der Waals surface area contributed by atoms with Crippen LogP contribution in [-0.4, -0.2) is 24.2 Å². The minimum atomic E-state index is -0.111. The molecule has 0 aliphatic rings. The number of rotatable bonds is 6. The number of ether oxygens (including phenoxy) is 2. The third-order valence-electron chi connectivity index (χ3n) is 4.72. The Labute approximate surface area is 174 Å². The zero-order valence-electron chi connectivity index (χ0n) is 16.1. The summed E-state index contributed by atoms with van der Waals surface area (Å²) in [6, 6.07) is 24.0. The third-order valence-corrected chi connectivity index (χ3v) is 4.89. The Morgan fingerprint density at radius 2 is 1.34 bits per heavy atom. The van der Waals surface area contributed by atoms with E-state index in [-0.39, 0.29) is 11.3 Å².